The summed E-state index contributed by atoms with van der Waals surface area (Å²) in [7, 11) is -3.26. The summed E-state index contributed by atoms with van der Waals surface area (Å²) in [5, 5.41) is 0. The summed E-state index contributed by atoms with van der Waals surface area (Å²) in [6.45, 7) is 2.66. The van der Waals surface area contributed by atoms with Crippen molar-refractivity contribution >= 4 is 15.6 Å². The number of benzene rings is 2. The van der Waals surface area contributed by atoms with E-state index < -0.39 is 9.84 Å². The highest BCUT2D eigenvalue weighted by Crippen LogP contribution is 2.29. The number of Topliss-reactive ketones (excluding diaryl/α,β-unsaturated/α-hetero) is 1. The Labute approximate surface area is 152 Å². The van der Waals surface area contributed by atoms with E-state index in [4.69, 9.17) is 14.2 Å². The number of hydrogen-bond donors (Lipinski definition) is 0. The number of rotatable bonds is 6. The Balaban J connectivity index is 1.83. The van der Waals surface area contributed by atoms with E-state index in [1.165, 1.54) is 19.1 Å². The summed E-state index contributed by atoms with van der Waals surface area (Å²) in [6, 6.07) is 11.1. The van der Waals surface area contributed by atoms with Crippen LogP contribution in [0.15, 0.2) is 47.4 Å². The molecule has 0 saturated carbocycles. The average Bonchev–Trinajstić information content (AvgIpc) is 3.07. The lowest BCUT2D eigenvalue weighted by molar-refractivity contribution is 0.101. The largest absolute Gasteiger partial charge is 0.488 e. The molecule has 0 bridgehead atoms. The Morgan fingerprint density at radius 3 is 2.35 bits per heavy atom. The Kier molecular flexibility index (Phi) is 5.29. The highest BCUT2D eigenvalue weighted by atomic mass is 32.2. The fourth-order valence-corrected chi connectivity index (χ4v) is 3.22. The maximum atomic E-state index is 11.8. The first kappa shape index (κ1) is 18.4. The van der Waals surface area contributed by atoms with Crippen molar-refractivity contribution < 1.29 is 27.4 Å². The van der Waals surface area contributed by atoms with Crippen LogP contribution in [0.5, 0.6) is 17.2 Å². The number of carbonyl (C=O) groups excluding carboxylic acids is 1. The fourth-order valence-electron chi connectivity index (χ4n) is 2.59. The predicted octanol–water partition coefficient (Wildman–Crippen LogP) is 3.25. The zero-order valence-electron chi connectivity index (χ0n) is 14.6. The minimum Gasteiger partial charge on any atom is -0.488 e. The molecule has 6 nitrogen and oxygen atoms in total. The van der Waals surface area contributed by atoms with Crippen LogP contribution in [0.2, 0.25) is 0 Å². The molecule has 3 rings (SSSR count). The molecule has 138 valence electrons. The van der Waals surface area contributed by atoms with Gasteiger partial charge in [0.25, 0.3) is 0 Å². The monoisotopic (exact) mass is 376 g/mol. The van der Waals surface area contributed by atoms with E-state index in [9.17, 15) is 13.2 Å². The summed E-state index contributed by atoms with van der Waals surface area (Å²) >= 11 is 0. The van der Waals surface area contributed by atoms with Gasteiger partial charge >= 0.3 is 0 Å². The Hall–Kier alpha value is -2.38. The van der Waals surface area contributed by atoms with Gasteiger partial charge in [-0.05, 0) is 43.3 Å². The standard InChI is InChI=1S/C19H20O6S/c1-13(20)14-9-17(11-18(10-14)25-16-7-8-23-12-16)24-15-3-5-19(6-4-15)26(2,21)22/h3-6,9-11,16H,7-8,12H2,1-2H3. The maximum Gasteiger partial charge on any atom is 0.175 e. The van der Waals surface area contributed by atoms with Crippen LogP contribution in [0.4, 0.5) is 0 Å². The molecule has 0 aliphatic carbocycles. The Morgan fingerprint density at radius 2 is 1.77 bits per heavy atom. The highest BCUT2D eigenvalue weighted by molar-refractivity contribution is 7.90. The van der Waals surface area contributed by atoms with Gasteiger partial charge in [0.2, 0.25) is 0 Å². The van der Waals surface area contributed by atoms with E-state index in [2.05, 4.69) is 0 Å². The molecule has 1 heterocycles. The molecular formula is C19H20O6S. The summed E-state index contributed by atoms with van der Waals surface area (Å²) < 4.78 is 40.0. The van der Waals surface area contributed by atoms with Gasteiger partial charge in [-0.1, -0.05) is 0 Å². The number of hydrogen-bond acceptors (Lipinski definition) is 6. The minimum absolute atomic E-state index is 0.0425. The molecule has 1 atom stereocenters. The molecule has 7 heteroatoms. The highest BCUT2D eigenvalue weighted by Gasteiger charge is 2.18. The van der Waals surface area contributed by atoms with Gasteiger partial charge in [0.1, 0.15) is 23.4 Å². The zero-order chi connectivity index (χ0) is 18.7. The van der Waals surface area contributed by atoms with E-state index in [-0.39, 0.29) is 16.8 Å². The van der Waals surface area contributed by atoms with Crippen molar-refractivity contribution in [2.75, 3.05) is 19.5 Å². The molecule has 0 amide bonds. The Morgan fingerprint density at radius 1 is 1.08 bits per heavy atom. The van der Waals surface area contributed by atoms with Crippen molar-refractivity contribution in [3.05, 3.63) is 48.0 Å². The lowest BCUT2D eigenvalue weighted by atomic mass is 10.1. The van der Waals surface area contributed by atoms with Crippen molar-refractivity contribution in [3.8, 4) is 17.2 Å². The molecule has 0 N–H and O–H groups in total. The van der Waals surface area contributed by atoms with Gasteiger partial charge < -0.3 is 14.2 Å². The first-order chi connectivity index (χ1) is 12.3. The third kappa shape index (κ3) is 4.62. The molecular weight excluding hydrogens is 356 g/mol. The van der Waals surface area contributed by atoms with Crippen molar-refractivity contribution in [2.24, 2.45) is 0 Å². The molecule has 0 aromatic heterocycles. The SMILES string of the molecule is CC(=O)c1cc(Oc2ccc(S(C)(=O)=O)cc2)cc(OC2CCOC2)c1. The van der Waals surface area contributed by atoms with Crippen molar-refractivity contribution in [1.82, 2.24) is 0 Å². The molecule has 1 saturated heterocycles. The number of ether oxygens (including phenoxy) is 3. The third-order valence-corrected chi connectivity index (χ3v) is 5.09. The van der Waals surface area contributed by atoms with E-state index in [0.29, 0.717) is 36.0 Å². The molecule has 1 fully saturated rings. The van der Waals surface area contributed by atoms with Gasteiger partial charge in [0.05, 0.1) is 18.1 Å². The van der Waals surface area contributed by atoms with Crippen LogP contribution in [0.1, 0.15) is 23.7 Å². The normalized spacial score (nSPS) is 17.1. The average molecular weight is 376 g/mol. The molecule has 0 spiro atoms. The third-order valence-electron chi connectivity index (χ3n) is 3.96. The smallest absolute Gasteiger partial charge is 0.175 e. The first-order valence-electron chi connectivity index (χ1n) is 8.20. The minimum atomic E-state index is -3.26. The second-order valence-corrected chi connectivity index (χ2v) is 8.21. The van der Waals surface area contributed by atoms with Crippen molar-refractivity contribution in [1.29, 1.82) is 0 Å². The number of ketones is 1. The Bertz CT molecular complexity index is 896. The molecule has 2 aromatic rings. The summed E-state index contributed by atoms with van der Waals surface area (Å²) in [5.41, 5.74) is 0.476. The number of sulfone groups is 1. The van der Waals surface area contributed by atoms with Crippen LogP contribution in [0.25, 0.3) is 0 Å². The lowest BCUT2D eigenvalue weighted by Crippen LogP contribution is -2.15. The zero-order valence-corrected chi connectivity index (χ0v) is 15.4. The van der Waals surface area contributed by atoms with Gasteiger partial charge in [-0.2, -0.15) is 0 Å². The topological polar surface area (TPSA) is 78.9 Å². The molecule has 0 radical (unpaired) electrons. The molecule has 2 aromatic carbocycles. The molecule has 1 aliphatic heterocycles. The summed E-state index contributed by atoms with van der Waals surface area (Å²) in [6.07, 6.45) is 1.90. The molecule has 1 aliphatic rings. The second-order valence-electron chi connectivity index (χ2n) is 6.20. The predicted molar refractivity (Wildman–Crippen MR) is 95.9 cm³/mol. The summed E-state index contributed by atoms with van der Waals surface area (Å²) in [5.74, 6) is 1.35. The van der Waals surface area contributed by atoms with E-state index in [1.54, 1.807) is 30.3 Å². The van der Waals surface area contributed by atoms with E-state index in [0.717, 1.165) is 12.7 Å². The van der Waals surface area contributed by atoms with E-state index >= 15 is 0 Å². The van der Waals surface area contributed by atoms with Crippen LogP contribution in [0, 0.1) is 0 Å². The van der Waals surface area contributed by atoms with E-state index in [1.807, 2.05) is 0 Å². The van der Waals surface area contributed by atoms with Gasteiger partial charge in [-0.15, -0.1) is 0 Å². The van der Waals surface area contributed by atoms with Gasteiger partial charge in [-0.3, -0.25) is 4.79 Å². The first-order valence-corrected chi connectivity index (χ1v) is 10.1. The van der Waals surface area contributed by atoms with Crippen molar-refractivity contribution in [3.63, 3.8) is 0 Å². The number of carbonyl (C=O) groups is 1. The van der Waals surface area contributed by atoms with Crippen LogP contribution < -0.4 is 9.47 Å². The van der Waals surface area contributed by atoms with Gasteiger partial charge in [0.15, 0.2) is 15.6 Å². The second kappa shape index (κ2) is 7.47. The van der Waals surface area contributed by atoms with Crippen LogP contribution in [-0.2, 0) is 14.6 Å². The quantitative estimate of drug-likeness (QED) is 0.720. The summed E-state index contributed by atoms with van der Waals surface area (Å²) in [4.78, 5) is 12.0. The fraction of sp³-hybridized carbons (Fsp3) is 0.316. The molecule has 1 unspecified atom stereocenters. The van der Waals surface area contributed by atoms with Crippen molar-refractivity contribution in [2.45, 2.75) is 24.3 Å². The van der Waals surface area contributed by atoms with Crippen LogP contribution in [0.3, 0.4) is 0 Å². The van der Waals surface area contributed by atoms with Gasteiger partial charge in [0, 0.05) is 24.3 Å². The lowest BCUT2D eigenvalue weighted by Gasteiger charge is -2.14. The van der Waals surface area contributed by atoms with Crippen LogP contribution >= 0.6 is 0 Å². The van der Waals surface area contributed by atoms with Crippen LogP contribution in [-0.4, -0.2) is 39.8 Å². The van der Waals surface area contributed by atoms with Gasteiger partial charge in [-0.25, -0.2) is 8.42 Å². The molecule has 26 heavy (non-hydrogen) atoms. The maximum absolute atomic E-state index is 11.8.